The molecule has 1 radical (unpaired) electrons. The van der Waals surface area contributed by atoms with Gasteiger partial charge in [-0.3, -0.25) is 4.79 Å². The molecule has 1 atom stereocenters. The molecule has 0 aromatic carbocycles. The van der Waals surface area contributed by atoms with E-state index in [0.29, 0.717) is 0 Å². The summed E-state index contributed by atoms with van der Waals surface area (Å²) in [6.45, 7) is 7.32. The van der Waals surface area contributed by atoms with Gasteiger partial charge in [-0.2, -0.15) is 0 Å². The molecular weight excluding hydrogens is 137 g/mol. The van der Waals surface area contributed by atoms with Gasteiger partial charge in [-0.1, -0.05) is 13.5 Å². The number of carbonyl (C=O) groups excluding carboxylic acids is 1. The smallest absolute Gasteiger partial charge is 0.243 e. The minimum Gasteiger partial charge on any atom is -0.350 e. The minimum absolute atomic E-state index is 0. The van der Waals surface area contributed by atoms with E-state index in [0.717, 1.165) is 6.42 Å². The Morgan fingerprint density at radius 1 is 1.80 bits per heavy atom. The van der Waals surface area contributed by atoms with Crippen LogP contribution >= 0.6 is 0 Å². The quantitative estimate of drug-likeness (QED) is 0.466. The third-order valence-electron chi connectivity index (χ3n) is 1.19. The second-order valence-corrected chi connectivity index (χ2v) is 2.02. The molecule has 0 aliphatic rings. The van der Waals surface area contributed by atoms with Gasteiger partial charge < -0.3 is 5.32 Å². The van der Waals surface area contributed by atoms with Gasteiger partial charge in [0, 0.05) is 35.6 Å². The first-order valence-corrected chi connectivity index (χ1v) is 3.13. The van der Waals surface area contributed by atoms with Gasteiger partial charge in [-0.15, -0.1) is 0 Å². The van der Waals surface area contributed by atoms with Crippen LogP contribution in [0.15, 0.2) is 12.7 Å². The molecule has 0 rings (SSSR count). The van der Waals surface area contributed by atoms with Crippen molar-refractivity contribution in [3.63, 3.8) is 0 Å². The van der Waals surface area contributed by atoms with Crippen molar-refractivity contribution >= 4 is 35.5 Å². The molecule has 1 N–H and O–H groups in total. The van der Waals surface area contributed by atoms with Crippen LogP contribution in [0.2, 0.25) is 0 Å². The molecule has 10 heavy (non-hydrogen) atoms. The van der Waals surface area contributed by atoms with Gasteiger partial charge >= 0.3 is 0 Å². The van der Waals surface area contributed by atoms with Crippen LogP contribution in [0.5, 0.6) is 0 Å². The van der Waals surface area contributed by atoms with Gasteiger partial charge in [0.2, 0.25) is 5.91 Å². The molecule has 0 heterocycles. The zero-order valence-electron chi connectivity index (χ0n) is 6.98. The van der Waals surface area contributed by atoms with Crippen molar-refractivity contribution in [1.29, 1.82) is 0 Å². The van der Waals surface area contributed by atoms with E-state index in [1.54, 1.807) is 0 Å². The van der Waals surface area contributed by atoms with Crippen molar-refractivity contribution in [2.45, 2.75) is 26.3 Å². The Kier molecular flexibility index (Phi) is 9.40. The van der Waals surface area contributed by atoms with Crippen LogP contribution in [0.4, 0.5) is 0 Å². The van der Waals surface area contributed by atoms with E-state index >= 15 is 0 Å². The Balaban J connectivity index is 0. The first-order chi connectivity index (χ1) is 4.20. The summed E-state index contributed by atoms with van der Waals surface area (Å²) in [5, 5.41) is 2.72. The molecule has 53 valence electrons. The molecule has 0 aromatic heterocycles. The molecule has 0 spiro atoms. The first-order valence-electron chi connectivity index (χ1n) is 3.13. The van der Waals surface area contributed by atoms with Crippen LogP contribution in [0.25, 0.3) is 0 Å². The number of nitrogens with one attached hydrogen (secondary N) is 1. The monoisotopic (exact) mass is 150 g/mol. The van der Waals surface area contributed by atoms with Gasteiger partial charge in [-0.05, 0) is 19.4 Å². The largest absolute Gasteiger partial charge is 0.350 e. The maximum atomic E-state index is 10.6. The third-order valence-corrected chi connectivity index (χ3v) is 1.19. The zero-order chi connectivity index (χ0) is 7.28. The molecule has 0 bridgehead atoms. The van der Waals surface area contributed by atoms with Crippen LogP contribution in [-0.2, 0) is 4.79 Å². The Labute approximate surface area is 84.4 Å². The summed E-state index contributed by atoms with van der Waals surface area (Å²) in [6.07, 6.45) is 2.24. The summed E-state index contributed by atoms with van der Waals surface area (Å²) < 4.78 is 0. The molecule has 1 unspecified atom stereocenters. The minimum atomic E-state index is -0.0932. The molecular formula is C7H13NNaO. The summed E-state index contributed by atoms with van der Waals surface area (Å²) in [5.41, 5.74) is 0. The summed E-state index contributed by atoms with van der Waals surface area (Å²) in [6, 6.07) is 0.260. The van der Waals surface area contributed by atoms with Crippen molar-refractivity contribution in [3.8, 4) is 0 Å². The number of hydrogen-bond acceptors (Lipinski definition) is 1. The summed E-state index contributed by atoms with van der Waals surface area (Å²) in [7, 11) is 0. The molecule has 0 saturated heterocycles. The van der Waals surface area contributed by atoms with Crippen molar-refractivity contribution < 1.29 is 4.79 Å². The Bertz CT molecular complexity index is 114. The van der Waals surface area contributed by atoms with Crippen LogP contribution in [0.3, 0.4) is 0 Å². The van der Waals surface area contributed by atoms with Crippen LogP contribution < -0.4 is 5.32 Å². The van der Waals surface area contributed by atoms with Gasteiger partial charge in [0.25, 0.3) is 0 Å². The van der Waals surface area contributed by atoms with Crippen LogP contribution in [-0.4, -0.2) is 41.5 Å². The predicted molar refractivity (Wildman–Crippen MR) is 43.8 cm³/mol. The summed E-state index contributed by atoms with van der Waals surface area (Å²) in [5.74, 6) is -0.0932. The van der Waals surface area contributed by atoms with E-state index in [1.807, 2.05) is 13.8 Å². The molecule has 2 nitrogen and oxygen atoms in total. The van der Waals surface area contributed by atoms with Gasteiger partial charge in [0.05, 0.1) is 0 Å². The van der Waals surface area contributed by atoms with Gasteiger partial charge in [-0.25, -0.2) is 0 Å². The summed E-state index contributed by atoms with van der Waals surface area (Å²) in [4.78, 5) is 10.6. The zero-order valence-corrected chi connectivity index (χ0v) is 8.98. The van der Waals surface area contributed by atoms with Gasteiger partial charge in [0.1, 0.15) is 0 Å². The Morgan fingerprint density at radius 2 is 2.30 bits per heavy atom. The number of hydrogen-bond donors (Lipinski definition) is 1. The number of carbonyl (C=O) groups is 1. The maximum absolute atomic E-state index is 10.6. The fourth-order valence-corrected chi connectivity index (χ4v) is 0.404. The van der Waals surface area contributed by atoms with Crippen molar-refractivity contribution in [3.05, 3.63) is 12.7 Å². The van der Waals surface area contributed by atoms with E-state index in [1.165, 1.54) is 6.08 Å². The SMILES string of the molecule is C=CC(=O)NC(C)CC.[Na]. The van der Waals surface area contributed by atoms with Crippen LogP contribution in [0.1, 0.15) is 20.3 Å². The second-order valence-electron chi connectivity index (χ2n) is 2.02. The first kappa shape index (κ1) is 12.8. The van der Waals surface area contributed by atoms with E-state index in [-0.39, 0.29) is 41.5 Å². The molecule has 0 saturated carbocycles. The van der Waals surface area contributed by atoms with Gasteiger partial charge in [0.15, 0.2) is 0 Å². The van der Waals surface area contributed by atoms with Crippen LogP contribution in [0, 0.1) is 0 Å². The molecule has 0 aromatic rings. The second kappa shape index (κ2) is 7.32. The van der Waals surface area contributed by atoms with Crippen molar-refractivity contribution in [2.24, 2.45) is 0 Å². The maximum Gasteiger partial charge on any atom is 0.243 e. The van der Waals surface area contributed by atoms with E-state index in [9.17, 15) is 4.79 Å². The molecule has 1 amide bonds. The summed E-state index contributed by atoms with van der Waals surface area (Å²) >= 11 is 0. The standard InChI is InChI=1S/C7H13NO.Na/c1-4-6(3)8-7(9)5-2;/h5-6H,2,4H2,1,3H3,(H,8,9);. The van der Waals surface area contributed by atoms with E-state index < -0.39 is 0 Å². The molecule has 0 aliphatic carbocycles. The fraction of sp³-hybridized carbons (Fsp3) is 0.571. The fourth-order valence-electron chi connectivity index (χ4n) is 0.404. The molecule has 3 heteroatoms. The normalized spacial score (nSPS) is 11.0. The molecule has 0 fully saturated rings. The van der Waals surface area contributed by atoms with Crippen molar-refractivity contribution in [1.82, 2.24) is 5.32 Å². The Morgan fingerprint density at radius 3 is 2.60 bits per heavy atom. The topological polar surface area (TPSA) is 29.1 Å². The Hall–Kier alpha value is 0.210. The predicted octanol–water partition coefficient (Wildman–Crippen LogP) is 0.706. The third kappa shape index (κ3) is 6.33. The van der Waals surface area contributed by atoms with E-state index in [4.69, 9.17) is 0 Å². The molecule has 0 aliphatic heterocycles. The van der Waals surface area contributed by atoms with E-state index in [2.05, 4.69) is 11.9 Å². The number of rotatable bonds is 3. The average Bonchev–Trinajstić information content (AvgIpc) is 1.87. The average molecular weight is 150 g/mol. The van der Waals surface area contributed by atoms with Crippen molar-refractivity contribution in [2.75, 3.05) is 0 Å². The number of amides is 1.